The summed E-state index contributed by atoms with van der Waals surface area (Å²) in [6, 6.07) is -0.905. The second-order valence-corrected chi connectivity index (χ2v) is 7.52. The predicted octanol–water partition coefficient (Wildman–Crippen LogP) is 0.668. The van der Waals surface area contributed by atoms with Crippen molar-refractivity contribution in [1.82, 2.24) is 4.90 Å². The van der Waals surface area contributed by atoms with Crippen LogP contribution in [-0.2, 0) is 14.3 Å². The zero-order valence-electron chi connectivity index (χ0n) is 15.9. The predicted molar refractivity (Wildman–Crippen MR) is 89.8 cm³/mol. The molecule has 1 rings (SSSR count). The molecule has 3 N–H and O–H groups in total. The summed E-state index contributed by atoms with van der Waals surface area (Å²) in [4.78, 5) is 25.9. The van der Waals surface area contributed by atoms with Gasteiger partial charge in [-0.05, 0) is 33.6 Å². The Hall–Kier alpha value is -1.38. The van der Waals surface area contributed by atoms with Gasteiger partial charge in [-0.3, -0.25) is 4.90 Å². The van der Waals surface area contributed by atoms with Crippen molar-refractivity contribution >= 4 is 12.1 Å². The molecule has 5 atom stereocenters. The van der Waals surface area contributed by atoms with Gasteiger partial charge in [-0.2, -0.15) is 0 Å². The lowest BCUT2D eigenvalue weighted by Gasteiger charge is -2.50. The molecule has 1 heterocycles. The van der Waals surface area contributed by atoms with E-state index in [1.165, 1.54) is 4.90 Å². The number of esters is 1. The van der Waals surface area contributed by atoms with Gasteiger partial charge < -0.3 is 24.8 Å². The van der Waals surface area contributed by atoms with Gasteiger partial charge in [-0.15, -0.1) is 0 Å². The first-order chi connectivity index (χ1) is 11.4. The van der Waals surface area contributed by atoms with Gasteiger partial charge >= 0.3 is 12.1 Å². The van der Waals surface area contributed by atoms with Crippen LogP contribution in [0.25, 0.3) is 0 Å². The number of aliphatic hydroxyl groups is 3. The van der Waals surface area contributed by atoms with E-state index in [0.717, 1.165) is 0 Å². The molecule has 1 aliphatic heterocycles. The van der Waals surface area contributed by atoms with Gasteiger partial charge in [0.1, 0.15) is 17.8 Å². The van der Waals surface area contributed by atoms with Crippen molar-refractivity contribution in [3.63, 3.8) is 0 Å². The number of amides is 1. The van der Waals surface area contributed by atoms with Crippen molar-refractivity contribution in [3.8, 4) is 0 Å². The summed E-state index contributed by atoms with van der Waals surface area (Å²) in [7, 11) is 0. The van der Waals surface area contributed by atoms with Crippen LogP contribution >= 0.6 is 0 Å². The Balaban J connectivity index is 3.23. The third-order valence-corrected chi connectivity index (χ3v) is 4.47. The van der Waals surface area contributed by atoms with E-state index in [-0.39, 0.29) is 19.1 Å². The molecule has 0 aromatic heterocycles. The molecule has 1 fully saturated rings. The molecule has 1 saturated heterocycles. The van der Waals surface area contributed by atoms with Gasteiger partial charge in [0.25, 0.3) is 0 Å². The Morgan fingerprint density at radius 3 is 2.28 bits per heavy atom. The number of β-amino-alcohol motifs (C(OH)–C–C–N with tert-alkyl or cyclic N) is 1. The van der Waals surface area contributed by atoms with E-state index in [0.29, 0.717) is 6.42 Å². The van der Waals surface area contributed by atoms with Gasteiger partial charge in [0.2, 0.25) is 5.60 Å². The molecule has 0 aromatic rings. The number of ether oxygens (including phenoxy) is 2. The number of carbonyl (C=O) groups excluding carboxylic acids is 2. The molecule has 8 heteroatoms. The molecule has 0 aliphatic carbocycles. The molecule has 0 aromatic carbocycles. The average Bonchev–Trinajstić information content (AvgIpc) is 2.49. The first kappa shape index (κ1) is 21.7. The van der Waals surface area contributed by atoms with E-state index in [9.17, 15) is 24.9 Å². The molecule has 0 spiro atoms. The lowest BCUT2D eigenvalue weighted by Crippen LogP contribution is -2.74. The zero-order chi connectivity index (χ0) is 19.6. The van der Waals surface area contributed by atoms with Crippen LogP contribution in [0.3, 0.4) is 0 Å². The minimum Gasteiger partial charge on any atom is -0.464 e. The second-order valence-electron chi connectivity index (χ2n) is 7.52. The maximum Gasteiger partial charge on any atom is 0.410 e. The van der Waals surface area contributed by atoms with Crippen LogP contribution in [0.15, 0.2) is 0 Å². The molecule has 0 saturated carbocycles. The number of hydrogen-bond acceptors (Lipinski definition) is 7. The van der Waals surface area contributed by atoms with Crippen LogP contribution in [0.1, 0.15) is 48.0 Å². The summed E-state index contributed by atoms with van der Waals surface area (Å²) in [5.41, 5.74) is -3.26. The van der Waals surface area contributed by atoms with Crippen molar-refractivity contribution in [2.45, 2.75) is 77.4 Å². The number of carbonyl (C=O) groups is 2. The van der Waals surface area contributed by atoms with E-state index >= 15 is 0 Å². The van der Waals surface area contributed by atoms with Gasteiger partial charge in [0, 0.05) is 0 Å². The van der Waals surface area contributed by atoms with Gasteiger partial charge in [0.15, 0.2) is 0 Å². The van der Waals surface area contributed by atoms with Crippen LogP contribution in [0, 0.1) is 5.92 Å². The fourth-order valence-corrected chi connectivity index (χ4v) is 2.96. The van der Waals surface area contributed by atoms with E-state index < -0.39 is 41.5 Å². The highest BCUT2D eigenvalue weighted by atomic mass is 16.6. The average molecular weight is 361 g/mol. The highest BCUT2D eigenvalue weighted by Gasteiger charge is 2.60. The third kappa shape index (κ3) is 4.43. The number of aliphatic hydroxyl groups excluding tert-OH is 2. The molecule has 0 bridgehead atoms. The van der Waals surface area contributed by atoms with Crippen molar-refractivity contribution in [3.05, 3.63) is 0 Å². The molecule has 0 radical (unpaired) electrons. The van der Waals surface area contributed by atoms with Crippen molar-refractivity contribution in [2.75, 3.05) is 13.2 Å². The Morgan fingerprint density at radius 1 is 1.28 bits per heavy atom. The summed E-state index contributed by atoms with van der Waals surface area (Å²) < 4.78 is 10.2. The SMILES string of the molecule is CCOC(=O)[C@]1(O)[C@@H](O)CN(C(=O)OC(C)(C)C)[C@@H]([C@H](C)CC)[C@@H]1O. The van der Waals surface area contributed by atoms with Gasteiger partial charge in [0.05, 0.1) is 19.2 Å². The molecule has 146 valence electrons. The minimum absolute atomic E-state index is 0.00956. The Labute approximate surface area is 148 Å². The lowest BCUT2D eigenvalue weighted by molar-refractivity contribution is -0.225. The monoisotopic (exact) mass is 361 g/mol. The molecular weight excluding hydrogens is 330 g/mol. The molecule has 1 aliphatic rings. The van der Waals surface area contributed by atoms with Crippen molar-refractivity contribution < 1.29 is 34.4 Å². The van der Waals surface area contributed by atoms with E-state index in [2.05, 4.69) is 0 Å². The minimum atomic E-state index is -2.50. The first-order valence-electron chi connectivity index (χ1n) is 8.65. The summed E-state index contributed by atoms with van der Waals surface area (Å²) in [6.45, 7) is 9.95. The maximum atomic E-state index is 12.5. The third-order valence-electron chi connectivity index (χ3n) is 4.47. The van der Waals surface area contributed by atoms with E-state index in [1.807, 2.05) is 6.92 Å². The molecule has 8 nitrogen and oxygen atoms in total. The van der Waals surface area contributed by atoms with Crippen LogP contribution in [0.4, 0.5) is 4.79 Å². The normalized spacial score (nSPS) is 31.4. The summed E-state index contributed by atoms with van der Waals surface area (Å²) >= 11 is 0. The van der Waals surface area contributed by atoms with Crippen molar-refractivity contribution in [1.29, 1.82) is 0 Å². The Bertz CT molecular complexity index is 490. The number of piperidine rings is 1. The van der Waals surface area contributed by atoms with Crippen LogP contribution in [0.5, 0.6) is 0 Å². The number of likely N-dealkylation sites (tertiary alicyclic amines) is 1. The topological polar surface area (TPSA) is 117 Å². The summed E-state index contributed by atoms with van der Waals surface area (Å²) in [5, 5.41) is 31.7. The zero-order valence-corrected chi connectivity index (χ0v) is 15.9. The summed E-state index contributed by atoms with van der Waals surface area (Å²) in [6.07, 6.45) is -3.55. The standard InChI is InChI=1S/C17H31NO7/c1-7-10(3)12-13(20)17(23,14(21)24-8-2)11(19)9-18(12)15(22)25-16(4,5)6/h10-13,19-20,23H,7-9H2,1-6H3/t10-,11+,12+,13+,17+/m1/s1. The summed E-state index contributed by atoms with van der Waals surface area (Å²) in [5.74, 6) is -1.36. The maximum absolute atomic E-state index is 12.5. The van der Waals surface area contributed by atoms with Crippen molar-refractivity contribution in [2.24, 2.45) is 5.92 Å². The van der Waals surface area contributed by atoms with E-state index in [4.69, 9.17) is 9.47 Å². The number of rotatable bonds is 4. The fraction of sp³-hybridized carbons (Fsp3) is 0.882. The molecule has 1 amide bonds. The van der Waals surface area contributed by atoms with Crippen LogP contribution < -0.4 is 0 Å². The Morgan fingerprint density at radius 2 is 1.84 bits per heavy atom. The number of nitrogens with zero attached hydrogens (tertiary/aromatic N) is 1. The van der Waals surface area contributed by atoms with Gasteiger partial charge in [-0.1, -0.05) is 20.3 Å². The fourth-order valence-electron chi connectivity index (χ4n) is 2.96. The lowest BCUT2D eigenvalue weighted by atomic mass is 9.76. The highest BCUT2D eigenvalue weighted by molar-refractivity contribution is 5.82. The largest absolute Gasteiger partial charge is 0.464 e. The van der Waals surface area contributed by atoms with Crippen LogP contribution in [0.2, 0.25) is 0 Å². The van der Waals surface area contributed by atoms with Gasteiger partial charge in [-0.25, -0.2) is 9.59 Å². The quantitative estimate of drug-likeness (QED) is 0.630. The smallest absolute Gasteiger partial charge is 0.410 e. The second kappa shape index (κ2) is 7.88. The highest BCUT2D eigenvalue weighted by Crippen LogP contribution is 2.34. The Kier molecular flexibility index (Phi) is 6.83. The molecular formula is C17H31NO7. The first-order valence-corrected chi connectivity index (χ1v) is 8.65. The molecule has 0 unspecified atom stereocenters. The van der Waals surface area contributed by atoms with Crippen LogP contribution in [-0.4, -0.2) is 74.9 Å². The number of hydrogen-bond donors (Lipinski definition) is 3. The molecule has 25 heavy (non-hydrogen) atoms. The van der Waals surface area contributed by atoms with E-state index in [1.54, 1.807) is 34.6 Å².